The van der Waals surface area contributed by atoms with E-state index < -0.39 is 6.04 Å². The number of hydrogen-bond donors (Lipinski definition) is 2. The molecule has 0 aliphatic carbocycles. The van der Waals surface area contributed by atoms with Crippen LogP contribution in [0.2, 0.25) is 5.02 Å². The number of nitrogens with two attached hydrogens (primary N) is 2. The quantitative estimate of drug-likeness (QED) is 0.830. The highest BCUT2D eigenvalue weighted by Crippen LogP contribution is 2.21. The number of rotatable bonds is 3. The van der Waals surface area contributed by atoms with Crippen molar-refractivity contribution in [1.29, 1.82) is 0 Å². The van der Waals surface area contributed by atoms with Crippen LogP contribution >= 0.6 is 11.6 Å². The molecule has 2 aromatic rings. The van der Waals surface area contributed by atoms with Gasteiger partial charge in [-0.3, -0.25) is 4.79 Å². The van der Waals surface area contributed by atoms with Gasteiger partial charge >= 0.3 is 0 Å². The van der Waals surface area contributed by atoms with E-state index >= 15 is 0 Å². The van der Waals surface area contributed by atoms with Gasteiger partial charge < -0.3 is 11.5 Å². The maximum atomic E-state index is 12.2. The second kappa shape index (κ2) is 5.16. The minimum atomic E-state index is -0.770. The highest BCUT2D eigenvalue weighted by molar-refractivity contribution is 6.31. The SMILES string of the molecule is Nc1ncc(Cl)cc1C(=O)[C@H](N)c1ccccc1. The Morgan fingerprint density at radius 3 is 2.61 bits per heavy atom. The first-order chi connectivity index (χ1) is 8.59. The number of benzene rings is 1. The van der Waals surface area contributed by atoms with Crippen LogP contribution < -0.4 is 11.5 Å². The molecule has 2 rings (SSSR count). The molecule has 1 heterocycles. The van der Waals surface area contributed by atoms with Crippen LogP contribution in [-0.2, 0) is 0 Å². The molecule has 1 aromatic carbocycles. The normalized spacial score (nSPS) is 12.1. The van der Waals surface area contributed by atoms with E-state index in [4.69, 9.17) is 23.1 Å². The molecule has 0 bridgehead atoms. The molecule has 1 aromatic heterocycles. The lowest BCUT2D eigenvalue weighted by molar-refractivity contribution is 0.0962. The third kappa shape index (κ3) is 2.50. The number of pyridine rings is 1. The Morgan fingerprint density at radius 1 is 1.28 bits per heavy atom. The molecule has 0 fully saturated rings. The predicted octanol–water partition coefficient (Wildman–Crippen LogP) is 2.20. The number of ketones is 1. The van der Waals surface area contributed by atoms with Crippen molar-refractivity contribution in [1.82, 2.24) is 4.98 Å². The van der Waals surface area contributed by atoms with Crippen molar-refractivity contribution >= 4 is 23.2 Å². The van der Waals surface area contributed by atoms with E-state index in [1.807, 2.05) is 18.2 Å². The second-order valence-electron chi connectivity index (χ2n) is 3.84. The fraction of sp³-hybridized carbons (Fsp3) is 0.0769. The lowest BCUT2D eigenvalue weighted by Gasteiger charge is -2.12. The molecule has 0 aliphatic rings. The number of carbonyl (C=O) groups excluding carboxylic acids is 1. The van der Waals surface area contributed by atoms with Crippen LogP contribution in [0.25, 0.3) is 0 Å². The van der Waals surface area contributed by atoms with Crippen molar-refractivity contribution in [2.45, 2.75) is 6.04 Å². The Balaban J connectivity index is 2.34. The van der Waals surface area contributed by atoms with Crippen molar-refractivity contribution in [2.75, 3.05) is 5.73 Å². The van der Waals surface area contributed by atoms with Crippen molar-refractivity contribution in [3.8, 4) is 0 Å². The van der Waals surface area contributed by atoms with Crippen molar-refractivity contribution in [2.24, 2.45) is 5.73 Å². The van der Waals surface area contributed by atoms with E-state index in [2.05, 4.69) is 4.98 Å². The molecule has 4 nitrogen and oxygen atoms in total. The molecule has 0 aliphatic heterocycles. The van der Waals surface area contributed by atoms with Crippen LogP contribution in [0.1, 0.15) is 22.0 Å². The van der Waals surface area contributed by atoms with Gasteiger partial charge in [0, 0.05) is 6.20 Å². The molecule has 0 unspecified atom stereocenters. The minimum Gasteiger partial charge on any atom is -0.383 e. The van der Waals surface area contributed by atoms with Gasteiger partial charge in [-0.05, 0) is 11.6 Å². The zero-order valence-electron chi connectivity index (χ0n) is 9.51. The fourth-order valence-corrected chi connectivity index (χ4v) is 1.78. The summed E-state index contributed by atoms with van der Waals surface area (Å²) in [6, 6.07) is 9.79. The third-order valence-corrected chi connectivity index (χ3v) is 2.80. The standard InChI is InChI=1S/C13H12ClN3O/c14-9-6-10(13(16)17-7-9)12(18)11(15)8-4-2-1-3-5-8/h1-7,11H,15H2,(H2,16,17)/t11-/m1/s1. The molecule has 1 atom stereocenters. The van der Waals surface area contributed by atoms with Gasteiger partial charge in [0.25, 0.3) is 0 Å². The highest BCUT2D eigenvalue weighted by Gasteiger charge is 2.20. The summed E-state index contributed by atoms with van der Waals surface area (Å²) in [6.07, 6.45) is 1.39. The van der Waals surface area contributed by atoms with Gasteiger partial charge in [0.1, 0.15) is 5.82 Å². The van der Waals surface area contributed by atoms with Gasteiger partial charge in [0.05, 0.1) is 16.6 Å². The molecule has 0 amide bonds. The van der Waals surface area contributed by atoms with E-state index in [0.29, 0.717) is 5.02 Å². The summed E-state index contributed by atoms with van der Waals surface area (Å²) < 4.78 is 0. The van der Waals surface area contributed by atoms with Crippen LogP contribution in [0, 0.1) is 0 Å². The van der Waals surface area contributed by atoms with Crippen LogP contribution in [-0.4, -0.2) is 10.8 Å². The van der Waals surface area contributed by atoms with Gasteiger partial charge in [-0.1, -0.05) is 41.9 Å². The molecule has 0 spiro atoms. The summed E-state index contributed by atoms with van der Waals surface area (Å²) in [5.74, 6) is -0.163. The van der Waals surface area contributed by atoms with Crippen molar-refractivity contribution in [3.63, 3.8) is 0 Å². The van der Waals surface area contributed by atoms with E-state index in [0.717, 1.165) is 5.56 Å². The summed E-state index contributed by atoms with van der Waals surface area (Å²) in [4.78, 5) is 16.1. The van der Waals surface area contributed by atoms with Crippen LogP contribution in [0.15, 0.2) is 42.6 Å². The summed E-state index contributed by atoms with van der Waals surface area (Å²) in [5.41, 5.74) is 12.5. The van der Waals surface area contributed by atoms with Gasteiger partial charge in [0.2, 0.25) is 0 Å². The monoisotopic (exact) mass is 261 g/mol. The summed E-state index contributed by atoms with van der Waals surface area (Å²) in [5, 5.41) is 0.354. The molecule has 5 heteroatoms. The number of hydrogen-bond acceptors (Lipinski definition) is 4. The largest absolute Gasteiger partial charge is 0.383 e. The van der Waals surface area contributed by atoms with E-state index in [9.17, 15) is 4.79 Å². The Bertz CT molecular complexity index is 572. The average Bonchev–Trinajstić information content (AvgIpc) is 2.41. The van der Waals surface area contributed by atoms with Crippen molar-refractivity contribution < 1.29 is 4.79 Å². The van der Waals surface area contributed by atoms with Gasteiger partial charge in [-0.2, -0.15) is 0 Å². The topological polar surface area (TPSA) is 82.0 Å². The Hall–Kier alpha value is -1.91. The first kappa shape index (κ1) is 12.5. The first-order valence-corrected chi connectivity index (χ1v) is 5.73. The summed E-state index contributed by atoms with van der Waals surface area (Å²) >= 11 is 5.80. The summed E-state index contributed by atoms with van der Waals surface area (Å²) in [6.45, 7) is 0. The lowest BCUT2D eigenvalue weighted by atomic mass is 9.99. The molecule has 0 radical (unpaired) electrons. The molecule has 4 N–H and O–H groups in total. The number of aromatic nitrogens is 1. The number of nitrogens with zero attached hydrogens (tertiary/aromatic N) is 1. The fourth-order valence-electron chi connectivity index (χ4n) is 1.63. The Kier molecular flexibility index (Phi) is 3.60. The van der Waals surface area contributed by atoms with Crippen LogP contribution in [0.5, 0.6) is 0 Å². The third-order valence-electron chi connectivity index (χ3n) is 2.59. The molecule has 0 saturated carbocycles. The number of nitrogen functional groups attached to an aromatic ring is 1. The molecule has 92 valence electrons. The first-order valence-electron chi connectivity index (χ1n) is 5.35. The zero-order chi connectivity index (χ0) is 13.1. The molecule has 0 saturated heterocycles. The maximum absolute atomic E-state index is 12.2. The van der Waals surface area contributed by atoms with Gasteiger partial charge in [-0.15, -0.1) is 0 Å². The molecular formula is C13H12ClN3O. The smallest absolute Gasteiger partial charge is 0.187 e. The number of Topliss-reactive ketones (excluding diaryl/α,β-unsaturated/α-hetero) is 1. The van der Waals surface area contributed by atoms with Crippen LogP contribution in [0.3, 0.4) is 0 Å². The number of carbonyl (C=O) groups is 1. The molecule has 18 heavy (non-hydrogen) atoms. The van der Waals surface area contributed by atoms with Gasteiger partial charge in [-0.25, -0.2) is 4.98 Å². The van der Waals surface area contributed by atoms with Crippen LogP contribution in [0.4, 0.5) is 5.82 Å². The van der Waals surface area contributed by atoms with E-state index in [1.54, 1.807) is 12.1 Å². The zero-order valence-corrected chi connectivity index (χ0v) is 10.3. The van der Waals surface area contributed by atoms with E-state index in [-0.39, 0.29) is 17.2 Å². The van der Waals surface area contributed by atoms with E-state index in [1.165, 1.54) is 12.3 Å². The minimum absolute atomic E-state index is 0.135. The maximum Gasteiger partial charge on any atom is 0.187 e. The Labute approximate surface area is 110 Å². The van der Waals surface area contributed by atoms with Gasteiger partial charge in [0.15, 0.2) is 5.78 Å². The highest BCUT2D eigenvalue weighted by atomic mass is 35.5. The number of halogens is 1. The second-order valence-corrected chi connectivity index (χ2v) is 4.28. The average molecular weight is 262 g/mol. The lowest BCUT2D eigenvalue weighted by Crippen LogP contribution is -2.22. The van der Waals surface area contributed by atoms with Crippen molar-refractivity contribution in [3.05, 3.63) is 58.7 Å². The Morgan fingerprint density at radius 2 is 1.94 bits per heavy atom. The predicted molar refractivity (Wildman–Crippen MR) is 71.4 cm³/mol. The number of anilines is 1. The summed E-state index contributed by atoms with van der Waals surface area (Å²) in [7, 11) is 0. The molecular weight excluding hydrogens is 250 g/mol.